The Hall–Kier alpha value is -2.31. The molecule has 0 aliphatic carbocycles. The van der Waals surface area contributed by atoms with E-state index in [1.165, 1.54) is 0 Å². The minimum Gasteiger partial charge on any atom is -0.424 e. The third-order valence-electron chi connectivity index (χ3n) is 4.15. The summed E-state index contributed by atoms with van der Waals surface area (Å²) in [6.07, 6.45) is 5.76. The summed E-state index contributed by atoms with van der Waals surface area (Å²) in [4.78, 5) is 37.3. The van der Waals surface area contributed by atoms with Gasteiger partial charge in [-0.3, -0.25) is 9.59 Å². The number of hydrogen-bond acceptors (Lipinski definition) is 5. The van der Waals surface area contributed by atoms with E-state index in [1.807, 2.05) is 0 Å². The summed E-state index contributed by atoms with van der Waals surface area (Å²) in [5.41, 5.74) is 0. The van der Waals surface area contributed by atoms with Crippen molar-refractivity contribution in [2.75, 3.05) is 0 Å². The Balaban J connectivity index is 1.32. The van der Waals surface area contributed by atoms with Crippen LogP contribution in [-0.4, -0.2) is 52.1 Å². The smallest absolute Gasteiger partial charge is 0.424 e. The van der Waals surface area contributed by atoms with Gasteiger partial charge in [-0.15, -0.1) is 0 Å². The predicted octanol–water partition coefficient (Wildman–Crippen LogP) is 0.133. The molecule has 0 bridgehead atoms. The number of amides is 2. The molecule has 4 atom stereocenters. The van der Waals surface area contributed by atoms with Crippen LogP contribution < -0.4 is 0 Å². The number of rotatable bonds is 2. The fraction of sp³-hybridized carbons (Fsp3) is 0.462. The van der Waals surface area contributed by atoms with Gasteiger partial charge in [0.15, 0.2) is 0 Å². The lowest BCUT2D eigenvalue weighted by molar-refractivity contribution is -0.145. The maximum atomic E-state index is 11.8. The Bertz CT molecular complexity index is 521. The molecule has 104 valence electrons. The van der Waals surface area contributed by atoms with Crippen molar-refractivity contribution in [3.8, 4) is 0 Å². The molecular formula is C13H12N2O5. The Morgan fingerprint density at radius 2 is 1.40 bits per heavy atom. The van der Waals surface area contributed by atoms with Crippen molar-refractivity contribution in [3.63, 3.8) is 0 Å². The van der Waals surface area contributed by atoms with E-state index in [0.717, 1.165) is 0 Å². The van der Waals surface area contributed by atoms with Crippen LogP contribution in [0.2, 0.25) is 0 Å². The zero-order valence-electron chi connectivity index (χ0n) is 10.5. The first-order chi connectivity index (χ1) is 9.63. The van der Waals surface area contributed by atoms with E-state index >= 15 is 0 Å². The van der Waals surface area contributed by atoms with Crippen LogP contribution in [0.1, 0.15) is 12.8 Å². The van der Waals surface area contributed by atoms with Crippen LogP contribution in [0.15, 0.2) is 24.6 Å². The van der Waals surface area contributed by atoms with Crippen molar-refractivity contribution in [1.29, 1.82) is 0 Å². The maximum absolute atomic E-state index is 11.8. The number of fused-ring (bicyclic) bond motifs is 2. The molecule has 0 aromatic carbocycles. The maximum Gasteiger partial charge on any atom is 0.509 e. The molecule has 0 N–H and O–H groups in total. The fourth-order valence-corrected chi connectivity index (χ4v) is 2.94. The predicted molar refractivity (Wildman–Crippen MR) is 63.9 cm³/mol. The lowest BCUT2D eigenvalue weighted by Crippen LogP contribution is -2.53. The van der Waals surface area contributed by atoms with E-state index in [-0.39, 0.29) is 23.9 Å². The molecule has 4 heterocycles. The number of ether oxygens (including phenoxy) is 2. The average Bonchev–Trinajstić information content (AvgIpc) is 2.87. The molecule has 0 radical (unpaired) electrons. The highest BCUT2D eigenvalue weighted by molar-refractivity contribution is 5.86. The van der Waals surface area contributed by atoms with Crippen molar-refractivity contribution in [2.45, 2.75) is 37.1 Å². The van der Waals surface area contributed by atoms with Gasteiger partial charge < -0.3 is 19.3 Å². The molecule has 2 amide bonds. The summed E-state index contributed by atoms with van der Waals surface area (Å²) in [7, 11) is 0. The quantitative estimate of drug-likeness (QED) is 0.529. The van der Waals surface area contributed by atoms with E-state index < -0.39 is 18.4 Å². The molecule has 7 nitrogen and oxygen atoms in total. The second kappa shape index (κ2) is 3.84. The summed E-state index contributed by atoms with van der Waals surface area (Å²) >= 11 is 0. The first kappa shape index (κ1) is 11.5. The van der Waals surface area contributed by atoms with E-state index in [4.69, 9.17) is 9.47 Å². The van der Waals surface area contributed by atoms with Crippen LogP contribution in [-0.2, 0) is 19.1 Å². The monoisotopic (exact) mass is 276 g/mol. The molecule has 4 aliphatic heterocycles. The lowest BCUT2D eigenvalue weighted by atomic mass is 10.0. The number of β-lactam (4-membered cyclic amide) rings is 2. The largest absolute Gasteiger partial charge is 0.509 e. The van der Waals surface area contributed by atoms with Crippen LogP contribution in [0, 0.1) is 0 Å². The van der Waals surface area contributed by atoms with E-state index in [9.17, 15) is 14.4 Å². The SMILES string of the molecule is O=C(OC1C=CN2C(=O)CC12)OC1C=CN2C(=O)CC12. The number of carbonyl (C=O) groups is 3. The molecule has 7 heteroatoms. The molecule has 4 unspecified atom stereocenters. The third-order valence-corrected chi connectivity index (χ3v) is 4.15. The molecular weight excluding hydrogens is 264 g/mol. The second-order valence-electron chi connectivity index (χ2n) is 5.24. The molecule has 0 aromatic heterocycles. The average molecular weight is 276 g/mol. The molecule has 4 aliphatic rings. The zero-order valence-corrected chi connectivity index (χ0v) is 10.5. The highest BCUT2D eigenvalue weighted by Gasteiger charge is 2.47. The Labute approximate surface area is 114 Å². The van der Waals surface area contributed by atoms with Crippen LogP contribution >= 0.6 is 0 Å². The normalized spacial score (nSPS) is 36.4. The van der Waals surface area contributed by atoms with E-state index in [2.05, 4.69) is 0 Å². The Morgan fingerprint density at radius 1 is 0.950 bits per heavy atom. The molecule has 20 heavy (non-hydrogen) atoms. The van der Waals surface area contributed by atoms with Crippen LogP contribution in [0.5, 0.6) is 0 Å². The molecule has 2 fully saturated rings. The molecule has 2 saturated heterocycles. The van der Waals surface area contributed by atoms with Crippen molar-refractivity contribution in [2.24, 2.45) is 0 Å². The summed E-state index contributed by atoms with van der Waals surface area (Å²) < 4.78 is 10.4. The van der Waals surface area contributed by atoms with Crippen LogP contribution in [0.3, 0.4) is 0 Å². The molecule has 4 rings (SSSR count). The lowest BCUT2D eigenvalue weighted by Gasteiger charge is -2.37. The van der Waals surface area contributed by atoms with Gasteiger partial charge >= 0.3 is 6.16 Å². The Kier molecular flexibility index (Phi) is 2.21. The van der Waals surface area contributed by atoms with Crippen molar-refractivity contribution >= 4 is 18.0 Å². The zero-order chi connectivity index (χ0) is 13.9. The third kappa shape index (κ3) is 1.49. The minimum absolute atomic E-state index is 0.0352. The highest BCUT2D eigenvalue weighted by atomic mass is 16.7. The number of hydrogen-bond donors (Lipinski definition) is 0. The number of carbonyl (C=O) groups excluding carboxylic acids is 3. The van der Waals surface area contributed by atoms with Gasteiger partial charge in [-0.2, -0.15) is 0 Å². The first-order valence-corrected chi connectivity index (χ1v) is 6.50. The summed E-state index contributed by atoms with van der Waals surface area (Å²) in [5, 5.41) is 0. The number of nitrogens with zero attached hydrogens (tertiary/aromatic N) is 2. The van der Waals surface area contributed by atoms with Crippen molar-refractivity contribution < 1.29 is 23.9 Å². The highest BCUT2D eigenvalue weighted by Crippen LogP contribution is 2.32. The molecule has 0 aromatic rings. The fourth-order valence-electron chi connectivity index (χ4n) is 2.94. The van der Waals surface area contributed by atoms with Crippen molar-refractivity contribution in [3.05, 3.63) is 24.6 Å². The molecule has 0 spiro atoms. The van der Waals surface area contributed by atoms with Crippen LogP contribution in [0.25, 0.3) is 0 Å². The van der Waals surface area contributed by atoms with Gasteiger partial charge in [-0.1, -0.05) is 0 Å². The van der Waals surface area contributed by atoms with Gasteiger partial charge in [0.2, 0.25) is 11.8 Å². The first-order valence-electron chi connectivity index (χ1n) is 6.50. The minimum atomic E-state index is -0.767. The Morgan fingerprint density at radius 3 is 1.75 bits per heavy atom. The topological polar surface area (TPSA) is 76.2 Å². The summed E-state index contributed by atoms with van der Waals surface area (Å²) in [6.45, 7) is 0. The van der Waals surface area contributed by atoms with Gasteiger partial charge in [0.05, 0.1) is 24.9 Å². The van der Waals surface area contributed by atoms with E-state index in [1.54, 1.807) is 34.4 Å². The van der Waals surface area contributed by atoms with Gasteiger partial charge in [-0.05, 0) is 12.2 Å². The van der Waals surface area contributed by atoms with Crippen LogP contribution in [0.4, 0.5) is 4.79 Å². The van der Waals surface area contributed by atoms with Gasteiger partial charge in [0, 0.05) is 12.4 Å². The van der Waals surface area contributed by atoms with E-state index in [0.29, 0.717) is 12.8 Å². The van der Waals surface area contributed by atoms with Gasteiger partial charge in [-0.25, -0.2) is 4.79 Å². The molecule has 0 saturated carbocycles. The summed E-state index contributed by atoms with van der Waals surface area (Å²) in [6, 6.07) is -0.174. The van der Waals surface area contributed by atoms with Gasteiger partial charge in [0.25, 0.3) is 0 Å². The standard InChI is InChI=1S/C13H12N2O5/c16-11-5-7-9(1-3-14(7)11)19-13(18)20-10-2-4-15-8(10)6-12(15)17/h1-4,7-10H,5-6H2. The second-order valence-corrected chi connectivity index (χ2v) is 5.24. The summed E-state index contributed by atoms with van der Waals surface area (Å²) in [5.74, 6) is 0.0705. The van der Waals surface area contributed by atoms with Gasteiger partial charge in [0.1, 0.15) is 12.2 Å². The van der Waals surface area contributed by atoms with Crippen molar-refractivity contribution in [1.82, 2.24) is 9.80 Å².